The molecule has 1 aromatic carbocycles. The van der Waals surface area contributed by atoms with Gasteiger partial charge in [-0.3, -0.25) is 0 Å². The van der Waals surface area contributed by atoms with Gasteiger partial charge < -0.3 is 9.47 Å². The van der Waals surface area contributed by atoms with Crippen LogP contribution in [0.2, 0.25) is 0 Å². The highest BCUT2D eigenvalue weighted by atomic mass is 19.3. The van der Waals surface area contributed by atoms with E-state index in [1.807, 2.05) is 0 Å². The molecule has 0 heterocycles. The minimum absolute atomic E-state index is 0.262. The summed E-state index contributed by atoms with van der Waals surface area (Å²) in [5.41, 5.74) is -0.384. The molecule has 0 saturated heterocycles. The van der Waals surface area contributed by atoms with Crippen molar-refractivity contribution in [2.24, 2.45) is 0 Å². The molecule has 0 atom stereocenters. The fraction of sp³-hybridized carbons (Fsp3) is 0.333. The summed E-state index contributed by atoms with van der Waals surface area (Å²) in [6.07, 6.45) is -2.72. The molecule has 14 heavy (non-hydrogen) atoms. The molecule has 0 aliphatic carbocycles. The molecule has 78 valence electrons. The van der Waals surface area contributed by atoms with Gasteiger partial charge in [0.2, 0.25) is 0 Å². The highest BCUT2D eigenvalue weighted by molar-refractivity contribution is 5.48. The van der Waals surface area contributed by atoms with Crippen molar-refractivity contribution in [2.45, 2.75) is 6.43 Å². The molecule has 0 amide bonds. The van der Waals surface area contributed by atoms with Gasteiger partial charge in [-0.05, 0) is 12.1 Å². The summed E-state index contributed by atoms with van der Waals surface area (Å²) >= 11 is 0. The van der Waals surface area contributed by atoms with E-state index in [4.69, 9.17) is 0 Å². The van der Waals surface area contributed by atoms with Gasteiger partial charge in [0, 0.05) is 0 Å². The lowest BCUT2D eigenvalue weighted by molar-refractivity contribution is 0.146. The maximum atomic E-state index is 13.0. The Morgan fingerprint density at radius 2 is 1.64 bits per heavy atom. The van der Waals surface area contributed by atoms with Crippen LogP contribution < -0.4 is 9.47 Å². The second kappa shape index (κ2) is 4.21. The number of benzene rings is 1. The lowest BCUT2D eigenvalue weighted by Crippen LogP contribution is -1.98. The second-order valence-corrected chi connectivity index (χ2v) is 2.50. The molecule has 0 saturated carbocycles. The minimum atomic E-state index is -2.72. The maximum absolute atomic E-state index is 13.0. The van der Waals surface area contributed by atoms with E-state index in [-0.39, 0.29) is 17.1 Å². The highest BCUT2D eigenvalue weighted by Gasteiger charge is 2.20. The third-order valence-electron chi connectivity index (χ3n) is 1.74. The summed E-state index contributed by atoms with van der Waals surface area (Å²) in [4.78, 5) is 0. The van der Waals surface area contributed by atoms with Gasteiger partial charge in [-0.2, -0.15) is 0 Å². The smallest absolute Gasteiger partial charge is 0.267 e. The standard InChI is InChI=1S/C9H9F3O2/c1-13-7-5(9(11)12)3-4-6(10)8(7)14-2/h3-4,9H,1-2H3. The molecule has 5 heteroatoms. The fourth-order valence-corrected chi connectivity index (χ4v) is 1.13. The van der Waals surface area contributed by atoms with Crippen LogP contribution in [0.5, 0.6) is 11.5 Å². The van der Waals surface area contributed by atoms with Gasteiger partial charge in [0.05, 0.1) is 19.8 Å². The van der Waals surface area contributed by atoms with Crippen molar-refractivity contribution in [1.82, 2.24) is 0 Å². The molecule has 1 aromatic rings. The van der Waals surface area contributed by atoms with E-state index in [0.717, 1.165) is 12.1 Å². The van der Waals surface area contributed by atoms with Crippen LogP contribution in [-0.2, 0) is 0 Å². The Morgan fingerprint density at radius 3 is 2.07 bits per heavy atom. The van der Waals surface area contributed by atoms with Crippen molar-refractivity contribution < 1.29 is 22.6 Å². The normalized spacial score (nSPS) is 10.4. The van der Waals surface area contributed by atoms with Gasteiger partial charge in [-0.15, -0.1) is 0 Å². The lowest BCUT2D eigenvalue weighted by Gasteiger charge is -2.12. The molecule has 0 bridgehead atoms. The molecule has 0 N–H and O–H groups in total. The Hall–Kier alpha value is -1.39. The first-order valence-electron chi connectivity index (χ1n) is 3.80. The lowest BCUT2D eigenvalue weighted by atomic mass is 10.2. The minimum Gasteiger partial charge on any atom is -0.492 e. The predicted octanol–water partition coefficient (Wildman–Crippen LogP) is 2.78. The predicted molar refractivity (Wildman–Crippen MR) is 44.5 cm³/mol. The van der Waals surface area contributed by atoms with E-state index in [1.54, 1.807) is 0 Å². The summed E-state index contributed by atoms with van der Waals surface area (Å²) < 4.78 is 47.1. The Balaban J connectivity index is 3.33. The van der Waals surface area contributed by atoms with Gasteiger partial charge in [-0.25, -0.2) is 13.2 Å². The van der Waals surface area contributed by atoms with Crippen molar-refractivity contribution in [3.8, 4) is 11.5 Å². The number of halogens is 3. The number of hydrogen-bond donors (Lipinski definition) is 0. The SMILES string of the molecule is COc1c(F)ccc(C(F)F)c1OC. The van der Waals surface area contributed by atoms with E-state index < -0.39 is 12.2 Å². The molecule has 0 spiro atoms. The van der Waals surface area contributed by atoms with E-state index in [1.165, 1.54) is 14.2 Å². The van der Waals surface area contributed by atoms with Crippen LogP contribution in [0.25, 0.3) is 0 Å². The molecular weight excluding hydrogens is 197 g/mol. The number of ether oxygens (including phenoxy) is 2. The first kappa shape index (κ1) is 10.7. The average molecular weight is 206 g/mol. The summed E-state index contributed by atoms with van der Waals surface area (Å²) in [7, 11) is 2.37. The van der Waals surface area contributed by atoms with Crippen molar-refractivity contribution in [1.29, 1.82) is 0 Å². The Bertz CT molecular complexity index is 326. The van der Waals surface area contributed by atoms with Gasteiger partial charge >= 0.3 is 0 Å². The molecule has 0 aromatic heterocycles. The van der Waals surface area contributed by atoms with Crippen molar-refractivity contribution in [2.75, 3.05) is 14.2 Å². The number of methoxy groups -OCH3 is 2. The number of rotatable bonds is 3. The number of hydrogen-bond acceptors (Lipinski definition) is 2. The molecule has 0 aliphatic heterocycles. The van der Waals surface area contributed by atoms with Crippen molar-refractivity contribution in [3.63, 3.8) is 0 Å². The van der Waals surface area contributed by atoms with Crippen LogP contribution in [0.3, 0.4) is 0 Å². The van der Waals surface area contributed by atoms with Gasteiger partial charge in [0.25, 0.3) is 6.43 Å². The zero-order chi connectivity index (χ0) is 10.7. The molecular formula is C9H9F3O2. The van der Waals surface area contributed by atoms with Crippen LogP contribution in [-0.4, -0.2) is 14.2 Å². The zero-order valence-electron chi connectivity index (χ0n) is 7.68. The summed E-state index contributed by atoms with van der Waals surface area (Å²) in [5.74, 6) is -1.29. The fourth-order valence-electron chi connectivity index (χ4n) is 1.13. The van der Waals surface area contributed by atoms with E-state index >= 15 is 0 Å². The van der Waals surface area contributed by atoms with Crippen molar-refractivity contribution in [3.05, 3.63) is 23.5 Å². The number of alkyl halides is 2. The quantitative estimate of drug-likeness (QED) is 0.757. The van der Waals surface area contributed by atoms with E-state index in [9.17, 15) is 13.2 Å². The third-order valence-corrected chi connectivity index (χ3v) is 1.74. The van der Waals surface area contributed by atoms with Crippen LogP contribution >= 0.6 is 0 Å². The van der Waals surface area contributed by atoms with E-state index in [0.29, 0.717) is 0 Å². The molecule has 2 nitrogen and oxygen atoms in total. The van der Waals surface area contributed by atoms with Crippen LogP contribution in [0.1, 0.15) is 12.0 Å². The van der Waals surface area contributed by atoms with Gasteiger partial charge in [0.1, 0.15) is 0 Å². The van der Waals surface area contributed by atoms with Gasteiger partial charge in [0.15, 0.2) is 17.3 Å². The summed E-state index contributed by atoms with van der Waals surface area (Å²) in [6.45, 7) is 0. The van der Waals surface area contributed by atoms with Crippen LogP contribution in [0, 0.1) is 5.82 Å². The molecule has 0 radical (unpaired) electrons. The highest BCUT2D eigenvalue weighted by Crippen LogP contribution is 2.38. The monoisotopic (exact) mass is 206 g/mol. The Labute approximate surface area is 79.2 Å². The molecule has 0 aliphatic rings. The molecule has 0 fully saturated rings. The second-order valence-electron chi connectivity index (χ2n) is 2.50. The Kier molecular flexibility index (Phi) is 3.22. The van der Waals surface area contributed by atoms with E-state index in [2.05, 4.69) is 9.47 Å². The van der Waals surface area contributed by atoms with Crippen LogP contribution in [0.4, 0.5) is 13.2 Å². The summed E-state index contributed by atoms with van der Waals surface area (Å²) in [6, 6.07) is 1.89. The third kappa shape index (κ3) is 1.76. The first-order valence-corrected chi connectivity index (χ1v) is 3.80. The maximum Gasteiger partial charge on any atom is 0.267 e. The largest absolute Gasteiger partial charge is 0.492 e. The van der Waals surface area contributed by atoms with Gasteiger partial charge in [-0.1, -0.05) is 0 Å². The topological polar surface area (TPSA) is 18.5 Å². The zero-order valence-corrected chi connectivity index (χ0v) is 7.68. The molecule has 0 unspecified atom stereocenters. The molecule has 1 rings (SSSR count). The van der Waals surface area contributed by atoms with Crippen LogP contribution in [0.15, 0.2) is 12.1 Å². The Morgan fingerprint density at radius 1 is 1.07 bits per heavy atom. The van der Waals surface area contributed by atoms with Crippen molar-refractivity contribution >= 4 is 0 Å². The first-order chi connectivity index (χ1) is 6.61. The average Bonchev–Trinajstić information content (AvgIpc) is 2.16. The summed E-state index contributed by atoms with van der Waals surface area (Å²) in [5, 5.41) is 0.